The summed E-state index contributed by atoms with van der Waals surface area (Å²) < 4.78 is 0. The van der Waals surface area contributed by atoms with Gasteiger partial charge in [-0.15, -0.1) is 0 Å². The Morgan fingerprint density at radius 1 is 1.17 bits per heavy atom. The van der Waals surface area contributed by atoms with Crippen molar-refractivity contribution in [3.8, 4) is 0 Å². The molecule has 0 spiro atoms. The lowest BCUT2D eigenvalue weighted by Crippen LogP contribution is -2.44. The van der Waals surface area contributed by atoms with Crippen molar-refractivity contribution in [2.45, 2.75) is 52.6 Å². The van der Waals surface area contributed by atoms with Crippen molar-refractivity contribution in [1.29, 1.82) is 0 Å². The molecule has 2 aliphatic rings. The van der Waals surface area contributed by atoms with Crippen LogP contribution in [0.25, 0.3) is 0 Å². The third-order valence-corrected chi connectivity index (χ3v) is 5.27. The topological polar surface area (TPSA) is 20.2 Å². The number of hydrogen-bond acceptors (Lipinski definition) is 1. The zero-order valence-corrected chi connectivity index (χ0v) is 8.65. The van der Waals surface area contributed by atoms with Crippen LogP contribution in [0.3, 0.4) is 0 Å². The highest BCUT2D eigenvalue weighted by Gasteiger charge is 2.66. The summed E-state index contributed by atoms with van der Waals surface area (Å²) in [6.45, 7) is 8.94. The van der Waals surface area contributed by atoms with Crippen LogP contribution in [0, 0.1) is 16.7 Å². The Morgan fingerprint density at radius 2 is 1.75 bits per heavy atom. The molecule has 2 rings (SSSR count). The molecule has 3 atom stereocenters. The van der Waals surface area contributed by atoms with Crippen molar-refractivity contribution in [3.63, 3.8) is 0 Å². The van der Waals surface area contributed by atoms with Gasteiger partial charge in [-0.2, -0.15) is 0 Å². The fourth-order valence-electron chi connectivity index (χ4n) is 3.62. The zero-order valence-electron chi connectivity index (χ0n) is 8.65. The van der Waals surface area contributed by atoms with E-state index in [9.17, 15) is 5.11 Å². The van der Waals surface area contributed by atoms with Crippen LogP contribution in [0.5, 0.6) is 0 Å². The third kappa shape index (κ3) is 0.654. The molecule has 70 valence electrons. The normalized spacial score (nSPS) is 56.2. The smallest absolute Gasteiger partial charge is 0.0681 e. The van der Waals surface area contributed by atoms with Gasteiger partial charge in [0.25, 0.3) is 0 Å². The molecule has 2 saturated carbocycles. The Hall–Kier alpha value is -0.0400. The Labute approximate surface area is 75.2 Å². The minimum absolute atomic E-state index is 0.157. The number of rotatable bonds is 0. The maximum Gasteiger partial charge on any atom is 0.0681 e. The number of hydrogen-bond donors (Lipinski definition) is 1. The number of fused-ring (bicyclic) bond motifs is 2. The van der Waals surface area contributed by atoms with E-state index in [-0.39, 0.29) is 5.41 Å². The van der Waals surface area contributed by atoms with E-state index >= 15 is 0 Å². The average Bonchev–Trinajstić information content (AvgIpc) is 2.18. The molecule has 0 saturated heterocycles. The first kappa shape index (κ1) is 8.55. The predicted octanol–water partition coefficient (Wildman–Crippen LogP) is 2.58. The van der Waals surface area contributed by atoms with E-state index in [0.29, 0.717) is 5.41 Å². The first-order valence-corrected chi connectivity index (χ1v) is 5.04. The lowest BCUT2D eigenvalue weighted by atomic mass is 9.65. The van der Waals surface area contributed by atoms with Crippen molar-refractivity contribution in [3.05, 3.63) is 0 Å². The van der Waals surface area contributed by atoms with Gasteiger partial charge in [0.05, 0.1) is 5.60 Å². The average molecular weight is 168 g/mol. The summed E-state index contributed by atoms with van der Waals surface area (Å²) in [5.41, 5.74) is 0.0839. The highest BCUT2D eigenvalue weighted by molar-refractivity contribution is 5.16. The van der Waals surface area contributed by atoms with Gasteiger partial charge in [-0.1, -0.05) is 20.8 Å². The maximum atomic E-state index is 10.3. The fraction of sp³-hybridized carbons (Fsp3) is 1.00. The summed E-state index contributed by atoms with van der Waals surface area (Å²) in [7, 11) is 0. The Bertz CT molecular complexity index is 217. The Morgan fingerprint density at radius 3 is 1.92 bits per heavy atom. The molecule has 0 aromatic heterocycles. The van der Waals surface area contributed by atoms with Gasteiger partial charge in [-0.05, 0) is 37.5 Å². The molecule has 1 N–H and O–H groups in total. The van der Waals surface area contributed by atoms with Gasteiger partial charge in [0.15, 0.2) is 0 Å². The molecule has 0 aromatic carbocycles. The standard InChI is InChI=1S/C11H20O/c1-9(2)8-5-6-10(9,3)11(4,12)7-8/h8,12H,5-7H2,1-4H3/t8-,10+,11?/m1/s1. The van der Waals surface area contributed by atoms with E-state index in [0.717, 1.165) is 12.3 Å². The molecule has 1 unspecified atom stereocenters. The number of aliphatic hydroxyl groups is 1. The minimum atomic E-state index is -0.417. The molecule has 0 radical (unpaired) electrons. The van der Waals surface area contributed by atoms with Crippen LogP contribution in [0.1, 0.15) is 47.0 Å². The molecule has 0 amide bonds. The molecule has 2 bridgehead atoms. The van der Waals surface area contributed by atoms with Crippen molar-refractivity contribution in [2.75, 3.05) is 0 Å². The van der Waals surface area contributed by atoms with Gasteiger partial charge < -0.3 is 5.11 Å². The van der Waals surface area contributed by atoms with Crippen molar-refractivity contribution in [1.82, 2.24) is 0 Å². The van der Waals surface area contributed by atoms with E-state index in [1.54, 1.807) is 0 Å². The fourth-order valence-corrected chi connectivity index (χ4v) is 3.62. The van der Waals surface area contributed by atoms with E-state index in [1.165, 1.54) is 12.8 Å². The van der Waals surface area contributed by atoms with Gasteiger partial charge >= 0.3 is 0 Å². The largest absolute Gasteiger partial charge is 0.390 e. The van der Waals surface area contributed by atoms with Gasteiger partial charge in [0.1, 0.15) is 0 Å². The van der Waals surface area contributed by atoms with Gasteiger partial charge in [-0.3, -0.25) is 0 Å². The summed E-state index contributed by atoms with van der Waals surface area (Å²) in [5.74, 6) is 0.748. The van der Waals surface area contributed by atoms with Gasteiger partial charge in [0, 0.05) is 5.41 Å². The quantitative estimate of drug-likeness (QED) is 0.589. The van der Waals surface area contributed by atoms with Crippen LogP contribution in [0.2, 0.25) is 0 Å². The van der Waals surface area contributed by atoms with Crippen LogP contribution in [0.15, 0.2) is 0 Å². The van der Waals surface area contributed by atoms with Gasteiger partial charge in [0.2, 0.25) is 0 Å². The molecule has 2 fully saturated rings. The molecule has 2 aliphatic carbocycles. The Balaban J connectivity index is 2.47. The first-order valence-electron chi connectivity index (χ1n) is 5.04. The van der Waals surface area contributed by atoms with Crippen molar-refractivity contribution >= 4 is 0 Å². The lowest BCUT2D eigenvalue weighted by molar-refractivity contribution is -0.0745. The minimum Gasteiger partial charge on any atom is -0.390 e. The van der Waals surface area contributed by atoms with Crippen LogP contribution >= 0.6 is 0 Å². The van der Waals surface area contributed by atoms with Crippen LogP contribution < -0.4 is 0 Å². The van der Waals surface area contributed by atoms with Crippen molar-refractivity contribution < 1.29 is 5.11 Å². The summed E-state index contributed by atoms with van der Waals surface area (Å²) in [4.78, 5) is 0. The molecule has 12 heavy (non-hydrogen) atoms. The maximum absolute atomic E-state index is 10.3. The summed E-state index contributed by atoms with van der Waals surface area (Å²) in [6, 6.07) is 0. The molecule has 1 nitrogen and oxygen atoms in total. The third-order valence-electron chi connectivity index (χ3n) is 5.27. The molecule has 1 heteroatoms. The monoisotopic (exact) mass is 168 g/mol. The lowest BCUT2D eigenvalue weighted by Gasteiger charge is -2.43. The van der Waals surface area contributed by atoms with Gasteiger partial charge in [-0.25, -0.2) is 0 Å². The Kier molecular flexibility index (Phi) is 1.35. The molecule has 0 heterocycles. The van der Waals surface area contributed by atoms with Crippen LogP contribution in [0.4, 0.5) is 0 Å². The second-order valence-corrected chi connectivity index (χ2v) is 5.77. The zero-order chi connectivity index (χ0) is 9.20. The van der Waals surface area contributed by atoms with E-state index in [1.807, 2.05) is 6.92 Å². The van der Waals surface area contributed by atoms with E-state index in [2.05, 4.69) is 20.8 Å². The molecule has 0 aliphatic heterocycles. The predicted molar refractivity (Wildman–Crippen MR) is 49.9 cm³/mol. The first-order chi connectivity index (χ1) is 5.31. The summed E-state index contributed by atoms with van der Waals surface area (Å²) in [6.07, 6.45) is 3.54. The summed E-state index contributed by atoms with van der Waals surface area (Å²) in [5, 5.41) is 10.3. The molecular weight excluding hydrogens is 148 g/mol. The van der Waals surface area contributed by atoms with E-state index < -0.39 is 5.60 Å². The highest BCUT2D eigenvalue weighted by Crippen LogP contribution is 2.69. The van der Waals surface area contributed by atoms with Crippen LogP contribution in [-0.4, -0.2) is 10.7 Å². The SMILES string of the molecule is CC1(O)C[C@H]2CC[C@@]1(C)C2(C)C. The molecular formula is C11H20O. The van der Waals surface area contributed by atoms with E-state index in [4.69, 9.17) is 0 Å². The second-order valence-electron chi connectivity index (χ2n) is 5.77. The van der Waals surface area contributed by atoms with Crippen molar-refractivity contribution in [2.24, 2.45) is 16.7 Å². The molecule has 0 aromatic rings. The summed E-state index contributed by atoms with van der Waals surface area (Å²) >= 11 is 0. The second kappa shape index (κ2) is 1.89. The highest BCUT2D eigenvalue weighted by atomic mass is 16.3. The van der Waals surface area contributed by atoms with Crippen LogP contribution in [-0.2, 0) is 0 Å².